The number of pyridine rings is 1. The van der Waals surface area contributed by atoms with Crippen LogP contribution < -0.4 is 0 Å². The molecule has 0 fully saturated rings. The minimum absolute atomic E-state index is 0.0203. The van der Waals surface area contributed by atoms with Gasteiger partial charge in [0.25, 0.3) is 5.69 Å². The summed E-state index contributed by atoms with van der Waals surface area (Å²) in [6.07, 6.45) is 0. The molecule has 2 aromatic rings. The van der Waals surface area contributed by atoms with Gasteiger partial charge in [0, 0.05) is 17.5 Å². The third kappa shape index (κ3) is 2.77. The van der Waals surface area contributed by atoms with Crippen molar-refractivity contribution in [3.63, 3.8) is 0 Å². The Morgan fingerprint density at radius 3 is 2.45 bits per heavy atom. The smallest absolute Gasteiger partial charge is 0.338 e. The van der Waals surface area contributed by atoms with E-state index in [0.29, 0.717) is 0 Å². The molecule has 0 aliphatic heterocycles. The van der Waals surface area contributed by atoms with Crippen LogP contribution >= 0.6 is 34.8 Å². The zero-order chi connectivity index (χ0) is 15.1. The Morgan fingerprint density at radius 1 is 1.30 bits per heavy atom. The summed E-state index contributed by atoms with van der Waals surface area (Å²) in [6.45, 7) is 0. The van der Waals surface area contributed by atoms with Gasteiger partial charge in [-0.25, -0.2) is 9.78 Å². The first-order valence-corrected chi connectivity index (χ1v) is 6.23. The quantitative estimate of drug-likeness (QED) is 0.513. The molecule has 0 aliphatic carbocycles. The standard InChI is InChI=1S/C11H5Cl3N2O4/c12-11(13,14)8-2-1-5-3-6(16(19)20)4-7(10(17)18)9(5)15-8/h1-4H,(H,17,18). The molecule has 2 rings (SSSR count). The van der Waals surface area contributed by atoms with Gasteiger partial charge in [0.2, 0.25) is 3.79 Å². The van der Waals surface area contributed by atoms with Crippen molar-refractivity contribution in [3.05, 3.63) is 45.6 Å². The number of benzene rings is 1. The fraction of sp³-hybridized carbons (Fsp3) is 0.0909. The maximum absolute atomic E-state index is 11.2. The van der Waals surface area contributed by atoms with Crippen molar-refractivity contribution in [2.45, 2.75) is 3.79 Å². The fourth-order valence-corrected chi connectivity index (χ4v) is 1.96. The maximum atomic E-state index is 11.2. The van der Waals surface area contributed by atoms with Crippen molar-refractivity contribution in [3.8, 4) is 0 Å². The molecular weight excluding hydrogens is 330 g/mol. The normalized spacial score (nSPS) is 11.6. The Kier molecular flexibility index (Phi) is 3.73. The van der Waals surface area contributed by atoms with Gasteiger partial charge in [-0.05, 0) is 6.07 Å². The van der Waals surface area contributed by atoms with Crippen LogP contribution in [0.25, 0.3) is 10.9 Å². The fourth-order valence-electron chi connectivity index (χ4n) is 1.65. The van der Waals surface area contributed by atoms with Crippen LogP contribution in [0.3, 0.4) is 0 Å². The summed E-state index contributed by atoms with van der Waals surface area (Å²) in [4.78, 5) is 25.2. The van der Waals surface area contributed by atoms with Gasteiger partial charge in [0.15, 0.2) is 0 Å². The van der Waals surface area contributed by atoms with Crippen molar-refractivity contribution < 1.29 is 14.8 Å². The molecule has 1 aromatic heterocycles. The number of hydrogen-bond donors (Lipinski definition) is 1. The van der Waals surface area contributed by atoms with Crippen molar-refractivity contribution in [2.24, 2.45) is 0 Å². The summed E-state index contributed by atoms with van der Waals surface area (Å²) in [5.41, 5.74) is -0.623. The molecule has 1 N–H and O–H groups in total. The van der Waals surface area contributed by atoms with E-state index in [-0.39, 0.29) is 27.8 Å². The number of hydrogen-bond acceptors (Lipinski definition) is 4. The SMILES string of the molecule is O=C(O)c1cc([N+](=O)[O-])cc2ccc(C(Cl)(Cl)Cl)nc12. The number of aromatic nitrogens is 1. The predicted octanol–water partition coefficient (Wildman–Crippen LogP) is 3.67. The third-order valence-corrected chi connectivity index (χ3v) is 3.09. The van der Waals surface area contributed by atoms with E-state index in [1.165, 1.54) is 18.2 Å². The molecule has 0 unspecified atom stereocenters. The maximum Gasteiger partial charge on any atom is 0.338 e. The number of carbonyl (C=O) groups is 1. The zero-order valence-corrected chi connectivity index (χ0v) is 11.8. The van der Waals surface area contributed by atoms with E-state index in [2.05, 4.69) is 4.98 Å². The number of fused-ring (bicyclic) bond motifs is 1. The van der Waals surface area contributed by atoms with Crippen LogP contribution in [-0.2, 0) is 3.79 Å². The minimum Gasteiger partial charge on any atom is -0.478 e. The number of non-ortho nitro benzene ring substituents is 1. The monoisotopic (exact) mass is 334 g/mol. The van der Waals surface area contributed by atoms with E-state index < -0.39 is 14.7 Å². The number of halogens is 3. The molecule has 0 radical (unpaired) electrons. The largest absolute Gasteiger partial charge is 0.478 e. The Bertz CT molecular complexity index is 727. The van der Waals surface area contributed by atoms with E-state index in [1.54, 1.807) is 0 Å². The Morgan fingerprint density at radius 2 is 1.95 bits per heavy atom. The molecule has 0 saturated carbocycles. The summed E-state index contributed by atoms with van der Waals surface area (Å²) in [5, 5.41) is 20.2. The second-order valence-corrected chi connectivity index (χ2v) is 6.10. The first-order chi connectivity index (χ1) is 9.20. The lowest BCUT2D eigenvalue weighted by atomic mass is 10.1. The molecule has 20 heavy (non-hydrogen) atoms. The molecule has 0 bridgehead atoms. The average Bonchev–Trinajstić information content (AvgIpc) is 2.35. The second kappa shape index (κ2) is 5.05. The first kappa shape index (κ1) is 14.8. The van der Waals surface area contributed by atoms with Crippen LogP contribution in [-0.4, -0.2) is 21.0 Å². The van der Waals surface area contributed by atoms with Crippen molar-refractivity contribution in [1.82, 2.24) is 4.98 Å². The molecule has 9 heteroatoms. The average molecular weight is 336 g/mol. The first-order valence-electron chi connectivity index (χ1n) is 5.10. The Balaban J connectivity index is 2.81. The van der Waals surface area contributed by atoms with Crippen LogP contribution in [0.2, 0.25) is 0 Å². The Hall–Kier alpha value is -1.63. The molecule has 1 aromatic carbocycles. The van der Waals surface area contributed by atoms with Crippen molar-refractivity contribution in [1.29, 1.82) is 0 Å². The molecule has 0 atom stereocenters. The molecule has 0 aliphatic rings. The van der Waals surface area contributed by atoms with Gasteiger partial charge in [-0.3, -0.25) is 10.1 Å². The molecule has 6 nitrogen and oxygen atoms in total. The van der Waals surface area contributed by atoms with E-state index >= 15 is 0 Å². The number of carboxylic acid groups (broad SMARTS) is 1. The number of aromatic carboxylic acids is 1. The highest BCUT2D eigenvalue weighted by molar-refractivity contribution is 6.66. The highest BCUT2D eigenvalue weighted by atomic mass is 35.6. The van der Waals surface area contributed by atoms with Crippen LogP contribution in [0.1, 0.15) is 16.1 Å². The van der Waals surface area contributed by atoms with Crippen molar-refractivity contribution in [2.75, 3.05) is 0 Å². The van der Waals surface area contributed by atoms with E-state index in [0.717, 1.165) is 6.07 Å². The van der Waals surface area contributed by atoms with Gasteiger partial charge in [0.1, 0.15) is 0 Å². The molecule has 0 spiro atoms. The Labute approximate surface area is 127 Å². The summed E-state index contributed by atoms with van der Waals surface area (Å²) >= 11 is 17.1. The number of alkyl halides is 3. The third-order valence-electron chi connectivity index (χ3n) is 2.51. The van der Waals surface area contributed by atoms with Crippen LogP contribution in [0.5, 0.6) is 0 Å². The number of nitro benzene ring substituents is 1. The summed E-state index contributed by atoms with van der Waals surface area (Å²) in [5.74, 6) is -1.35. The number of nitro groups is 1. The highest BCUT2D eigenvalue weighted by Crippen LogP contribution is 2.38. The zero-order valence-electron chi connectivity index (χ0n) is 9.51. The lowest BCUT2D eigenvalue weighted by molar-refractivity contribution is -0.384. The van der Waals surface area contributed by atoms with E-state index in [1.807, 2.05) is 0 Å². The topological polar surface area (TPSA) is 93.3 Å². The van der Waals surface area contributed by atoms with E-state index in [4.69, 9.17) is 39.9 Å². The predicted molar refractivity (Wildman–Crippen MR) is 74.6 cm³/mol. The number of carboxylic acids is 1. The molecular formula is C11H5Cl3N2O4. The molecule has 1 heterocycles. The van der Waals surface area contributed by atoms with Gasteiger partial charge >= 0.3 is 5.97 Å². The van der Waals surface area contributed by atoms with Crippen LogP contribution in [0.15, 0.2) is 24.3 Å². The second-order valence-electron chi connectivity index (χ2n) is 3.82. The lowest BCUT2D eigenvalue weighted by Crippen LogP contribution is -2.06. The van der Waals surface area contributed by atoms with Gasteiger partial charge in [-0.1, -0.05) is 40.9 Å². The van der Waals surface area contributed by atoms with Gasteiger partial charge in [-0.2, -0.15) is 0 Å². The van der Waals surface area contributed by atoms with Gasteiger partial charge < -0.3 is 5.11 Å². The van der Waals surface area contributed by atoms with E-state index in [9.17, 15) is 14.9 Å². The molecule has 0 saturated heterocycles. The highest BCUT2D eigenvalue weighted by Gasteiger charge is 2.26. The van der Waals surface area contributed by atoms with Crippen LogP contribution in [0.4, 0.5) is 5.69 Å². The molecule has 0 amide bonds. The minimum atomic E-state index is -1.81. The van der Waals surface area contributed by atoms with Crippen LogP contribution in [0, 0.1) is 10.1 Å². The summed E-state index contributed by atoms with van der Waals surface area (Å²) in [6, 6.07) is 4.90. The lowest BCUT2D eigenvalue weighted by Gasteiger charge is -2.11. The summed E-state index contributed by atoms with van der Waals surface area (Å²) in [7, 11) is 0. The van der Waals surface area contributed by atoms with Gasteiger partial charge in [-0.15, -0.1) is 0 Å². The van der Waals surface area contributed by atoms with Gasteiger partial charge in [0.05, 0.1) is 21.7 Å². The number of nitrogens with zero attached hydrogens (tertiary/aromatic N) is 2. The number of rotatable bonds is 2. The summed E-state index contributed by atoms with van der Waals surface area (Å²) < 4.78 is -1.81. The van der Waals surface area contributed by atoms with Crippen molar-refractivity contribution >= 4 is 57.4 Å². The molecule has 104 valence electrons.